The monoisotopic (exact) mass is 308 g/mol. The minimum absolute atomic E-state index is 0.169. The van der Waals surface area contributed by atoms with Gasteiger partial charge in [0.05, 0.1) is 24.7 Å². The molecule has 1 amide bonds. The Labute approximate surface area is 133 Å². The molecule has 6 nitrogen and oxygen atoms in total. The van der Waals surface area contributed by atoms with Crippen LogP contribution in [0.3, 0.4) is 0 Å². The van der Waals surface area contributed by atoms with Crippen LogP contribution in [0.15, 0.2) is 54.7 Å². The molecule has 2 aromatic carbocycles. The van der Waals surface area contributed by atoms with E-state index in [0.717, 1.165) is 17.1 Å². The lowest BCUT2D eigenvalue weighted by atomic mass is 10.2. The van der Waals surface area contributed by atoms with Gasteiger partial charge in [-0.2, -0.15) is 0 Å². The third kappa shape index (κ3) is 3.21. The first-order valence-corrected chi connectivity index (χ1v) is 7.10. The number of aryl methyl sites for hydroxylation is 1. The number of rotatable bonds is 4. The van der Waals surface area contributed by atoms with Gasteiger partial charge in [0.25, 0.3) is 5.91 Å². The van der Waals surface area contributed by atoms with Gasteiger partial charge in [-0.3, -0.25) is 4.79 Å². The quantitative estimate of drug-likeness (QED) is 0.804. The number of hydrogen-bond acceptors (Lipinski definition) is 4. The number of carbonyl (C=O) groups excluding carboxylic acids is 1. The highest BCUT2D eigenvalue weighted by atomic mass is 16.5. The molecule has 1 aromatic heterocycles. The van der Waals surface area contributed by atoms with Gasteiger partial charge in [-0.25, -0.2) is 4.68 Å². The summed E-state index contributed by atoms with van der Waals surface area (Å²) in [6.07, 6.45) is 1.68. The smallest absolute Gasteiger partial charge is 0.255 e. The van der Waals surface area contributed by atoms with E-state index in [4.69, 9.17) is 4.74 Å². The van der Waals surface area contributed by atoms with Crippen LogP contribution in [-0.4, -0.2) is 28.0 Å². The molecule has 0 spiro atoms. The Hall–Kier alpha value is -3.15. The van der Waals surface area contributed by atoms with E-state index in [1.54, 1.807) is 54.4 Å². The molecule has 0 fully saturated rings. The van der Waals surface area contributed by atoms with E-state index in [1.807, 2.05) is 19.1 Å². The molecule has 0 radical (unpaired) electrons. The van der Waals surface area contributed by atoms with E-state index < -0.39 is 0 Å². The average Bonchev–Trinajstić information content (AvgIpc) is 3.02. The number of hydrogen-bond donors (Lipinski definition) is 1. The van der Waals surface area contributed by atoms with Gasteiger partial charge in [0.15, 0.2) is 0 Å². The van der Waals surface area contributed by atoms with Gasteiger partial charge >= 0.3 is 0 Å². The fourth-order valence-electron chi connectivity index (χ4n) is 2.17. The van der Waals surface area contributed by atoms with Gasteiger partial charge in [-0.05, 0) is 55.5 Å². The van der Waals surface area contributed by atoms with Crippen molar-refractivity contribution in [3.8, 4) is 11.4 Å². The number of anilines is 1. The molecule has 0 saturated carbocycles. The highest BCUT2D eigenvalue weighted by Gasteiger charge is 2.08. The summed E-state index contributed by atoms with van der Waals surface area (Å²) >= 11 is 0. The van der Waals surface area contributed by atoms with E-state index in [2.05, 4.69) is 15.6 Å². The second-order valence-electron chi connectivity index (χ2n) is 5.02. The second kappa shape index (κ2) is 6.31. The fourth-order valence-corrected chi connectivity index (χ4v) is 2.17. The molecule has 0 saturated heterocycles. The molecule has 6 heteroatoms. The van der Waals surface area contributed by atoms with Crippen molar-refractivity contribution in [2.75, 3.05) is 12.4 Å². The summed E-state index contributed by atoms with van der Waals surface area (Å²) < 4.78 is 6.80. The molecule has 0 atom stereocenters. The molecule has 0 unspecified atom stereocenters. The predicted octanol–water partition coefficient (Wildman–Crippen LogP) is 2.84. The first kappa shape index (κ1) is 14.8. The summed E-state index contributed by atoms with van der Waals surface area (Å²) in [4.78, 5) is 12.3. The van der Waals surface area contributed by atoms with E-state index in [1.165, 1.54) is 0 Å². The zero-order valence-corrected chi connectivity index (χ0v) is 12.9. The Morgan fingerprint density at radius 3 is 2.35 bits per heavy atom. The van der Waals surface area contributed by atoms with Gasteiger partial charge in [0.1, 0.15) is 5.75 Å². The van der Waals surface area contributed by atoms with Crippen molar-refractivity contribution in [1.82, 2.24) is 15.0 Å². The van der Waals surface area contributed by atoms with Gasteiger partial charge in [-0.1, -0.05) is 5.21 Å². The number of nitrogens with zero attached hydrogens (tertiary/aromatic N) is 3. The number of aromatic nitrogens is 3. The molecule has 3 aromatic rings. The maximum Gasteiger partial charge on any atom is 0.255 e. The lowest BCUT2D eigenvalue weighted by Gasteiger charge is -2.07. The van der Waals surface area contributed by atoms with Crippen LogP contribution in [0.25, 0.3) is 5.69 Å². The van der Waals surface area contributed by atoms with Crippen LogP contribution in [-0.2, 0) is 0 Å². The van der Waals surface area contributed by atoms with Crippen LogP contribution < -0.4 is 10.1 Å². The molecular weight excluding hydrogens is 292 g/mol. The first-order chi connectivity index (χ1) is 11.2. The van der Waals surface area contributed by atoms with Crippen molar-refractivity contribution < 1.29 is 9.53 Å². The highest BCUT2D eigenvalue weighted by molar-refractivity contribution is 6.04. The van der Waals surface area contributed by atoms with E-state index in [-0.39, 0.29) is 5.91 Å². The van der Waals surface area contributed by atoms with E-state index in [9.17, 15) is 4.79 Å². The average molecular weight is 308 g/mol. The molecule has 0 aliphatic heterocycles. The molecule has 116 valence electrons. The third-order valence-electron chi connectivity index (χ3n) is 3.44. The van der Waals surface area contributed by atoms with Crippen molar-refractivity contribution in [3.63, 3.8) is 0 Å². The van der Waals surface area contributed by atoms with Crippen LogP contribution >= 0.6 is 0 Å². The van der Waals surface area contributed by atoms with E-state index >= 15 is 0 Å². The Kier molecular flexibility index (Phi) is 4.05. The Morgan fingerprint density at radius 2 is 1.78 bits per heavy atom. The lowest BCUT2D eigenvalue weighted by molar-refractivity contribution is 0.102. The highest BCUT2D eigenvalue weighted by Crippen LogP contribution is 2.16. The molecule has 3 rings (SSSR count). The summed E-state index contributed by atoms with van der Waals surface area (Å²) in [7, 11) is 1.60. The number of carbonyl (C=O) groups is 1. The first-order valence-electron chi connectivity index (χ1n) is 7.10. The SMILES string of the molecule is COc1ccc(NC(=O)c2ccc(-n3nncc3C)cc2)cc1. The molecule has 0 bridgehead atoms. The molecule has 23 heavy (non-hydrogen) atoms. The summed E-state index contributed by atoms with van der Waals surface area (Å²) in [5, 5.41) is 10.7. The predicted molar refractivity (Wildman–Crippen MR) is 87.0 cm³/mol. The van der Waals surface area contributed by atoms with Crippen LogP contribution in [0, 0.1) is 6.92 Å². The zero-order valence-electron chi connectivity index (χ0n) is 12.9. The van der Waals surface area contributed by atoms with Gasteiger partial charge in [0, 0.05) is 11.3 Å². The van der Waals surface area contributed by atoms with Crippen molar-refractivity contribution in [1.29, 1.82) is 0 Å². The van der Waals surface area contributed by atoms with Crippen molar-refractivity contribution in [3.05, 3.63) is 66.0 Å². The van der Waals surface area contributed by atoms with Crippen LogP contribution in [0.5, 0.6) is 5.75 Å². The molecule has 1 N–H and O–H groups in total. The van der Waals surface area contributed by atoms with Gasteiger partial charge < -0.3 is 10.1 Å². The summed E-state index contributed by atoms with van der Waals surface area (Å²) in [6.45, 7) is 1.92. The molecule has 0 aliphatic rings. The third-order valence-corrected chi connectivity index (χ3v) is 3.44. The molecular formula is C17H16N4O2. The fraction of sp³-hybridized carbons (Fsp3) is 0.118. The van der Waals surface area contributed by atoms with Crippen molar-refractivity contribution in [2.24, 2.45) is 0 Å². The van der Waals surface area contributed by atoms with E-state index in [0.29, 0.717) is 11.3 Å². The molecule has 0 aliphatic carbocycles. The minimum Gasteiger partial charge on any atom is -0.497 e. The van der Waals surface area contributed by atoms with Crippen molar-refractivity contribution in [2.45, 2.75) is 6.92 Å². The number of amides is 1. The van der Waals surface area contributed by atoms with Crippen LogP contribution in [0.1, 0.15) is 16.1 Å². The summed E-state index contributed by atoms with van der Waals surface area (Å²) in [6, 6.07) is 14.4. The maximum atomic E-state index is 12.3. The maximum absolute atomic E-state index is 12.3. The second-order valence-corrected chi connectivity index (χ2v) is 5.02. The Bertz CT molecular complexity index is 807. The van der Waals surface area contributed by atoms with Gasteiger partial charge in [0.2, 0.25) is 0 Å². The standard InChI is InChI=1S/C17H16N4O2/c1-12-11-18-20-21(12)15-7-3-13(4-8-15)17(22)19-14-5-9-16(23-2)10-6-14/h3-11H,1-2H3,(H,19,22). The zero-order chi connectivity index (χ0) is 16.2. The number of nitrogens with one attached hydrogen (secondary N) is 1. The summed E-state index contributed by atoms with van der Waals surface area (Å²) in [5.74, 6) is 0.576. The van der Waals surface area contributed by atoms with Gasteiger partial charge in [-0.15, -0.1) is 5.10 Å². The lowest BCUT2D eigenvalue weighted by Crippen LogP contribution is -2.12. The summed E-state index contributed by atoms with van der Waals surface area (Å²) in [5.41, 5.74) is 3.08. The normalized spacial score (nSPS) is 10.3. The van der Waals surface area contributed by atoms with Crippen molar-refractivity contribution >= 4 is 11.6 Å². The number of ether oxygens (including phenoxy) is 1. The topological polar surface area (TPSA) is 69.0 Å². The largest absolute Gasteiger partial charge is 0.497 e. The number of methoxy groups -OCH3 is 1. The van der Waals surface area contributed by atoms with Crippen LogP contribution in [0.2, 0.25) is 0 Å². The Balaban J connectivity index is 1.73. The minimum atomic E-state index is -0.169. The number of benzene rings is 2. The van der Waals surface area contributed by atoms with Crippen LogP contribution in [0.4, 0.5) is 5.69 Å². The Morgan fingerprint density at radius 1 is 1.09 bits per heavy atom. The molecule has 1 heterocycles.